The topological polar surface area (TPSA) is 65.5 Å². The highest BCUT2D eigenvalue weighted by Gasteiger charge is 2.41. The number of likely N-dealkylation sites (N-methyl/N-ethyl adjacent to an activating group) is 1. The highest BCUT2D eigenvalue weighted by molar-refractivity contribution is 6.02. The Hall–Kier alpha value is -3.03. The Balaban J connectivity index is 1.65. The summed E-state index contributed by atoms with van der Waals surface area (Å²) in [7, 11) is 1.72. The molecule has 0 bridgehead atoms. The van der Waals surface area contributed by atoms with Gasteiger partial charge in [0.15, 0.2) is 5.82 Å². The predicted octanol–water partition coefficient (Wildman–Crippen LogP) is 2.22. The maximum atomic E-state index is 14.4. The molecule has 2 aliphatic rings. The number of fused-ring (bicyclic) bond motifs is 2. The Morgan fingerprint density at radius 2 is 2.04 bits per heavy atom. The lowest BCUT2D eigenvalue weighted by Crippen LogP contribution is -2.44. The second-order valence-electron chi connectivity index (χ2n) is 6.52. The van der Waals surface area contributed by atoms with E-state index in [1.807, 2.05) is 0 Å². The number of hydrogen-bond donors (Lipinski definition) is 1. The van der Waals surface area contributed by atoms with Crippen LogP contribution in [0, 0.1) is 0 Å². The number of carbonyl (C=O) groups is 2. The summed E-state index contributed by atoms with van der Waals surface area (Å²) in [5, 5.41) is 2.66. The summed E-state index contributed by atoms with van der Waals surface area (Å²) in [6.07, 6.45) is 1.35. The van der Waals surface area contributed by atoms with Gasteiger partial charge >= 0.3 is 0 Å². The smallest absolute Gasteiger partial charge is 0.290 e. The van der Waals surface area contributed by atoms with Crippen LogP contribution >= 0.6 is 0 Å². The first-order chi connectivity index (χ1) is 12.3. The summed E-state index contributed by atoms with van der Waals surface area (Å²) >= 11 is 0. The van der Waals surface area contributed by atoms with Crippen LogP contribution < -0.4 is 10.2 Å². The molecule has 0 fully saturated rings. The van der Waals surface area contributed by atoms with Crippen molar-refractivity contribution in [3.05, 3.63) is 53.2 Å². The molecule has 2 amide bonds. The Bertz CT molecular complexity index is 916. The van der Waals surface area contributed by atoms with Gasteiger partial charge in [-0.15, -0.1) is 0 Å². The number of pyridine rings is 1. The van der Waals surface area contributed by atoms with Gasteiger partial charge in [-0.25, -0.2) is 4.98 Å². The van der Waals surface area contributed by atoms with E-state index in [1.54, 1.807) is 30.1 Å². The van der Waals surface area contributed by atoms with Crippen LogP contribution in [0.4, 0.5) is 20.3 Å². The average Bonchev–Trinajstić information content (AvgIpc) is 2.60. The van der Waals surface area contributed by atoms with E-state index in [-0.39, 0.29) is 30.1 Å². The van der Waals surface area contributed by atoms with Gasteiger partial charge in [0.1, 0.15) is 0 Å². The maximum absolute atomic E-state index is 14.4. The zero-order valence-corrected chi connectivity index (χ0v) is 14.0. The number of nitrogens with zero attached hydrogens (tertiary/aromatic N) is 3. The highest BCUT2D eigenvalue weighted by Crippen LogP contribution is 2.37. The van der Waals surface area contributed by atoms with Gasteiger partial charge in [0.05, 0.1) is 24.3 Å². The number of halogens is 2. The zero-order chi connectivity index (χ0) is 18.5. The Labute approximate surface area is 148 Å². The molecule has 0 radical (unpaired) electrons. The first-order valence-corrected chi connectivity index (χ1v) is 8.12. The minimum atomic E-state index is -3.11. The van der Waals surface area contributed by atoms with Crippen LogP contribution in [0.2, 0.25) is 0 Å². The molecule has 3 heterocycles. The molecule has 1 N–H and O–H groups in total. The molecule has 8 heteroatoms. The van der Waals surface area contributed by atoms with Crippen molar-refractivity contribution in [2.24, 2.45) is 0 Å². The lowest BCUT2D eigenvalue weighted by Gasteiger charge is -2.34. The minimum Gasteiger partial charge on any atom is -0.349 e. The molecule has 0 atom stereocenters. The van der Waals surface area contributed by atoms with Crippen molar-refractivity contribution < 1.29 is 18.4 Å². The van der Waals surface area contributed by atoms with Gasteiger partial charge in [-0.05, 0) is 11.6 Å². The highest BCUT2D eigenvalue weighted by atomic mass is 19.3. The number of anilines is 2. The van der Waals surface area contributed by atoms with Crippen molar-refractivity contribution in [2.45, 2.75) is 12.5 Å². The van der Waals surface area contributed by atoms with Gasteiger partial charge in [-0.3, -0.25) is 9.59 Å². The number of hydrogen-bond acceptors (Lipinski definition) is 4. The monoisotopic (exact) mass is 358 g/mol. The molecular weight excluding hydrogens is 342 g/mol. The Kier molecular flexibility index (Phi) is 3.64. The summed E-state index contributed by atoms with van der Waals surface area (Å²) in [6.45, 7) is -0.414. The number of nitrogens with one attached hydrogen (secondary N) is 1. The SMILES string of the molecule is CN1CC(=O)Nc2cc(C(=O)N3Cc4ccccc4C(F)(F)C3)cnc21. The summed E-state index contributed by atoms with van der Waals surface area (Å²) in [4.78, 5) is 31.4. The second kappa shape index (κ2) is 5.76. The van der Waals surface area contributed by atoms with Crippen molar-refractivity contribution in [2.75, 3.05) is 30.4 Å². The Morgan fingerprint density at radius 3 is 2.85 bits per heavy atom. The van der Waals surface area contributed by atoms with Crippen LogP contribution in [0.15, 0.2) is 36.5 Å². The molecule has 0 unspecified atom stereocenters. The summed E-state index contributed by atoms with van der Waals surface area (Å²) in [5.74, 6) is -3.34. The zero-order valence-electron chi connectivity index (χ0n) is 14.0. The summed E-state index contributed by atoms with van der Waals surface area (Å²) in [5.41, 5.74) is 0.950. The van der Waals surface area contributed by atoms with Gasteiger partial charge in [0.2, 0.25) is 5.91 Å². The number of carbonyl (C=O) groups excluding carboxylic acids is 2. The molecule has 0 saturated heterocycles. The number of benzene rings is 1. The predicted molar refractivity (Wildman–Crippen MR) is 91.2 cm³/mol. The van der Waals surface area contributed by atoms with E-state index in [9.17, 15) is 18.4 Å². The number of rotatable bonds is 1. The van der Waals surface area contributed by atoms with Crippen molar-refractivity contribution in [1.82, 2.24) is 9.88 Å². The number of amides is 2. The maximum Gasteiger partial charge on any atom is 0.290 e. The minimum absolute atomic E-state index is 0.0403. The molecule has 4 rings (SSSR count). The molecule has 6 nitrogen and oxygen atoms in total. The van der Waals surface area contributed by atoms with Crippen LogP contribution in [-0.4, -0.2) is 41.8 Å². The third-order valence-electron chi connectivity index (χ3n) is 4.58. The number of alkyl halides is 2. The molecule has 1 aromatic heterocycles. The molecular formula is C18H16F2N4O2. The quantitative estimate of drug-likeness (QED) is 0.849. The largest absolute Gasteiger partial charge is 0.349 e. The molecule has 1 aromatic carbocycles. The van der Waals surface area contributed by atoms with Crippen molar-refractivity contribution in [3.63, 3.8) is 0 Å². The first kappa shape index (κ1) is 16.4. The van der Waals surface area contributed by atoms with E-state index in [4.69, 9.17) is 0 Å². The van der Waals surface area contributed by atoms with Crippen molar-refractivity contribution >= 4 is 23.3 Å². The second-order valence-corrected chi connectivity index (χ2v) is 6.52. The van der Waals surface area contributed by atoms with E-state index < -0.39 is 18.4 Å². The van der Waals surface area contributed by atoms with Gasteiger partial charge in [0, 0.05) is 25.4 Å². The Morgan fingerprint density at radius 1 is 1.27 bits per heavy atom. The van der Waals surface area contributed by atoms with Crippen LogP contribution in [0.5, 0.6) is 0 Å². The fourth-order valence-electron chi connectivity index (χ4n) is 3.38. The van der Waals surface area contributed by atoms with E-state index in [0.717, 1.165) is 4.90 Å². The molecule has 0 spiro atoms. The lowest BCUT2D eigenvalue weighted by atomic mass is 9.96. The fourth-order valence-corrected chi connectivity index (χ4v) is 3.38. The molecule has 134 valence electrons. The van der Waals surface area contributed by atoms with Gasteiger partial charge in [-0.1, -0.05) is 24.3 Å². The van der Waals surface area contributed by atoms with Crippen LogP contribution in [0.3, 0.4) is 0 Å². The van der Waals surface area contributed by atoms with Crippen LogP contribution in [0.25, 0.3) is 0 Å². The molecule has 26 heavy (non-hydrogen) atoms. The molecule has 2 aromatic rings. The average molecular weight is 358 g/mol. The van der Waals surface area contributed by atoms with Crippen LogP contribution in [-0.2, 0) is 17.3 Å². The van der Waals surface area contributed by atoms with Crippen molar-refractivity contribution in [1.29, 1.82) is 0 Å². The lowest BCUT2D eigenvalue weighted by molar-refractivity contribution is -0.115. The molecule has 0 saturated carbocycles. The van der Waals surface area contributed by atoms with E-state index in [1.165, 1.54) is 18.3 Å². The number of aromatic nitrogens is 1. The van der Waals surface area contributed by atoms with Gasteiger partial charge < -0.3 is 15.1 Å². The van der Waals surface area contributed by atoms with Crippen LogP contribution in [0.1, 0.15) is 21.5 Å². The summed E-state index contributed by atoms with van der Waals surface area (Å²) < 4.78 is 28.9. The van der Waals surface area contributed by atoms with E-state index >= 15 is 0 Å². The van der Waals surface area contributed by atoms with Gasteiger partial charge in [-0.2, -0.15) is 8.78 Å². The third-order valence-corrected chi connectivity index (χ3v) is 4.58. The summed E-state index contributed by atoms with van der Waals surface area (Å²) in [6, 6.07) is 7.72. The van der Waals surface area contributed by atoms with E-state index in [0.29, 0.717) is 17.1 Å². The first-order valence-electron chi connectivity index (χ1n) is 8.12. The third kappa shape index (κ3) is 2.67. The van der Waals surface area contributed by atoms with Crippen molar-refractivity contribution in [3.8, 4) is 0 Å². The molecule has 0 aliphatic carbocycles. The van der Waals surface area contributed by atoms with Gasteiger partial charge in [0.25, 0.3) is 11.8 Å². The standard InChI is InChI=1S/C18H16F2N4O2/c1-23-9-15(25)22-14-6-12(7-21-16(14)23)17(26)24-8-11-4-2-3-5-13(11)18(19,20)10-24/h2-7H,8-10H2,1H3,(H,22,25). The normalized spacial score (nSPS) is 18.0. The molecule has 2 aliphatic heterocycles. The van der Waals surface area contributed by atoms with E-state index in [2.05, 4.69) is 10.3 Å². The fraction of sp³-hybridized carbons (Fsp3) is 0.278.